The maximum Gasteiger partial charge on any atom is 0.305 e. The van der Waals surface area contributed by atoms with Crippen molar-refractivity contribution in [3.63, 3.8) is 0 Å². The van der Waals surface area contributed by atoms with Gasteiger partial charge in [0.15, 0.2) is 0 Å². The molecule has 0 fully saturated rings. The van der Waals surface area contributed by atoms with E-state index in [0.29, 0.717) is 105 Å². The van der Waals surface area contributed by atoms with Crippen LogP contribution < -0.4 is 10.4 Å². The second kappa shape index (κ2) is 27.9. The second-order valence-corrected chi connectivity index (χ2v) is 16.9. The van der Waals surface area contributed by atoms with Gasteiger partial charge in [-0.2, -0.15) is 0 Å². The highest BCUT2D eigenvalue weighted by atomic mass is 28.4. The number of hydrogen-bond acceptors (Lipinski definition) is 11. The molecule has 0 heterocycles. The number of carbonyl (C=O) groups excluding carboxylic acids is 1. The Labute approximate surface area is 305 Å². The zero-order valence-electron chi connectivity index (χ0n) is 30.9. The van der Waals surface area contributed by atoms with Crippen LogP contribution in [0.1, 0.15) is 46.5 Å². The standard InChI is InChI=1S/C38H60O12Si/c1-38(2,3)51(34-12-6-4-7-13-34,35-14-8-5-9-15-35)50-33-31-48-29-27-46-25-23-44-21-19-42-18-20-43-22-24-45-26-28-47-30-32-49-37(41)17-11-10-16-36(39)40/h4-9,12-15H,10-11,16-33H2,1-3H3,(H,39,40). The summed E-state index contributed by atoms with van der Waals surface area (Å²) < 4.78 is 50.7. The van der Waals surface area contributed by atoms with Crippen LogP contribution in [-0.4, -0.2) is 131 Å². The topological polar surface area (TPSA) is 137 Å². The molecule has 0 radical (unpaired) electrons. The van der Waals surface area contributed by atoms with Gasteiger partial charge in [-0.15, -0.1) is 0 Å². The molecular formula is C38H60O12Si. The van der Waals surface area contributed by atoms with Crippen LogP contribution in [0.2, 0.25) is 5.04 Å². The van der Waals surface area contributed by atoms with E-state index >= 15 is 0 Å². The van der Waals surface area contributed by atoms with Crippen LogP contribution in [0.3, 0.4) is 0 Å². The van der Waals surface area contributed by atoms with Crippen molar-refractivity contribution in [2.45, 2.75) is 51.5 Å². The van der Waals surface area contributed by atoms with E-state index in [4.69, 9.17) is 47.4 Å². The molecule has 2 rings (SSSR count). The lowest BCUT2D eigenvalue weighted by molar-refractivity contribution is -0.146. The SMILES string of the molecule is CC(C)(C)[Si](OCCOCCOCCOCCOCCOCCOCCOCCOC(=O)CCCCC(=O)O)(c1ccccc1)c1ccccc1. The fourth-order valence-corrected chi connectivity index (χ4v) is 9.81. The van der Waals surface area contributed by atoms with E-state index in [1.165, 1.54) is 10.4 Å². The minimum Gasteiger partial charge on any atom is -0.481 e. The van der Waals surface area contributed by atoms with Gasteiger partial charge in [-0.05, 0) is 28.3 Å². The molecule has 13 heteroatoms. The first kappa shape index (κ1) is 44.4. The Morgan fingerprint density at radius 3 is 1.20 bits per heavy atom. The first-order valence-electron chi connectivity index (χ1n) is 17.9. The molecule has 0 aliphatic rings. The van der Waals surface area contributed by atoms with E-state index < -0.39 is 14.3 Å². The smallest absolute Gasteiger partial charge is 0.305 e. The number of carbonyl (C=O) groups is 2. The van der Waals surface area contributed by atoms with Gasteiger partial charge >= 0.3 is 11.9 Å². The average Bonchev–Trinajstić information content (AvgIpc) is 3.12. The number of hydrogen-bond donors (Lipinski definition) is 1. The zero-order valence-corrected chi connectivity index (χ0v) is 31.9. The van der Waals surface area contributed by atoms with Crippen LogP contribution in [-0.2, 0) is 51.9 Å². The highest BCUT2D eigenvalue weighted by molar-refractivity contribution is 6.99. The summed E-state index contributed by atoms with van der Waals surface area (Å²) in [5.41, 5.74) is 0. The van der Waals surface area contributed by atoms with Gasteiger partial charge in [0.25, 0.3) is 8.32 Å². The zero-order chi connectivity index (χ0) is 36.9. The number of rotatable bonds is 32. The molecule has 0 amide bonds. The minimum atomic E-state index is -2.55. The highest BCUT2D eigenvalue weighted by Gasteiger charge is 2.50. The lowest BCUT2D eigenvalue weighted by Crippen LogP contribution is -2.66. The van der Waals surface area contributed by atoms with Crippen molar-refractivity contribution in [3.8, 4) is 0 Å². The van der Waals surface area contributed by atoms with Gasteiger partial charge in [0.2, 0.25) is 0 Å². The molecule has 51 heavy (non-hydrogen) atoms. The number of aliphatic carboxylic acids is 1. The van der Waals surface area contributed by atoms with Gasteiger partial charge in [0.1, 0.15) is 6.61 Å². The molecule has 1 N–H and O–H groups in total. The molecule has 0 aliphatic carbocycles. The summed E-state index contributed by atoms with van der Waals surface area (Å²) in [7, 11) is -2.55. The number of carboxylic acids is 1. The Morgan fingerprint density at radius 2 is 0.843 bits per heavy atom. The molecule has 0 bridgehead atoms. The third-order valence-electron chi connectivity index (χ3n) is 7.71. The molecule has 0 aromatic heterocycles. The molecule has 0 atom stereocenters. The van der Waals surface area contributed by atoms with Crippen molar-refractivity contribution >= 4 is 30.6 Å². The van der Waals surface area contributed by atoms with Gasteiger partial charge in [-0.1, -0.05) is 81.4 Å². The van der Waals surface area contributed by atoms with Gasteiger partial charge in [0, 0.05) is 12.8 Å². The summed E-state index contributed by atoms with van der Waals surface area (Å²) in [6.45, 7) is 13.8. The van der Waals surface area contributed by atoms with E-state index in [1.807, 2.05) is 12.1 Å². The third kappa shape index (κ3) is 19.6. The van der Waals surface area contributed by atoms with Crippen molar-refractivity contribution in [1.29, 1.82) is 0 Å². The van der Waals surface area contributed by atoms with Crippen molar-refractivity contribution in [2.24, 2.45) is 0 Å². The quantitative estimate of drug-likeness (QED) is 0.0664. The largest absolute Gasteiger partial charge is 0.481 e. The Hall–Kier alpha value is -2.72. The van der Waals surface area contributed by atoms with Gasteiger partial charge in [0.05, 0.1) is 99.1 Å². The lowest BCUT2D eigenvalue weighted by Gasteiger charge is -2.43. The summed E-state index contributed by atoms with van der Waals surface area (Å²) in [4.78, 5) is 21.9. The minimum absolute atomic E-state index is 0.0606. The Kier molecular flexibility index (Phi) is 24.3. The molecular weight excluding hydrogens is 676 g/mol. The number of unbranched alkanes of at least 4 members (excludes halogenated alkanes) is 1. The predicted octanol–water partition coefficient (Wildman–Crippen LogP) is 3.87. The number of esters is 1. The Balaban J connectivity index is 1.35. The molecule has 2 aromatic rings. The first-order valence-corrected chi connectivity index (χ1v) is 19.8. The van der Waals surface area contributed by atoms with E-state index in [9.17, 15) is 9.59 Å². The van der Waals surface area contributed by atoms with Crippen LogP contribution in [0.25, 0.3) is 0 Å². The number of benzene rings is 2. The summed E-state index contributed by atoms with van der Waals surface area (Å²) >= 11 is 0. The predicted molar refractivity (Wildman–Crippen MR) is 196 cm³/mol. The highest BCUT2D eigenvalue weighted by Crippen LogP contribution is 2.36. The van der Waals surface area contributed by atoms with Gasteiger partial charge < -0.3 is 47.4 Å². The number of ether oxygens (including phenoxy) is 8. The van der Waals surface area contributed by atoms with Gasteiger partial charge in [-0.3, -0.25) is 9.59 Å². The average molecular weight is 737 g/mol. The fraction of sp³-hybridized carbons (Fsp3) is 0.632. The first-order chi connectivity index (χ1) is 24.8. The molecule has 0 saturated heterocycles. The second-order valence-electron chi connectivity index (χ2n) is 12.6. The summed E-state index contributed by atoms with van der Waals surface area (Å²) in [6.07, 6.45) is 1.24. The van der Waals surface area contributed by atoms with Crippen molar-refractivity contribution in [2.75, 3.05) is 106 Å². The lowest BCUT2D eigenvalue weighted by atomic mass is 10.2. The molecule has 2 aromatic carbocycles. The van der Waals surface area contributed by atoms with Crippen molar-refractivity contribution in [3.05, 3.63) is 60.7 Å². The molecule has 0 spiro atoms. The molecule has 0 saturated carbocycles. The van der Waals surface area contributed by atoms with Crippen LogP contribution >= 0.6 is 0 Å². The van der Waals surface area contributed by atoms with Crippen molar-refractivity contribution < 1.29 is 57.0 Å². The summed E-state index contributed by atoms with van der Waals surface area (Å²) in [5, 5.41) is 11.0. The van der Waals surface area contributed by atoms with Crippen molar-refractivity contribution in [1.82, 2.24) is 0 Å². The van der Waals surface area contributed by atoms with Crippen LogP contribution in [0.15, 0.2) is 60.7 Å². The summed E-state index contributed by atoms with van der Waals surface area (Å²) in [5.74, 6) is -1.21. The number of carboxylic acid groups (broad SMARTS) is 1. The molecule has 12 nitrogen and oxygen atoms in total. The maximum atomic E-state index is 11.5. The monoisotopic (exact) mass is 736 g/mol. The molecule has 0 unspecified atom stereocenters. The maximum absolute atomic E-state index is 11.5. The summed E-state index contributed by atoms with van der Waals surface area (Å²) in [6, 6.07) is 21.2. The van der Waals surface area contributed by atoms with E-state index in [1.54, 1.807) is 0 Å². The fourth-order valence-electron chi connectivity index (χ4n) is 5.27. The van der Waals surface area contributed by atoms with Gasteiger partial charge in [-0.25, -0.2) is 0 Å². The van der Waals surface area contributed by atoms with E-state index in [0.717, 1.165) is 0 Å². The Morgan fingerprint density at radius 1 is 0.510 bits per heavy atom. The normalized spacial score (nSPS) is 11.9. The van der Waals surface area contributed by atoms with Crippen LogP contribution in [0, 0.1) is 0 Å². The molecule has 288 valence electrons. The molecule has 0 aliphatic heterocycles. The van der Waals surface area contributed by atoms with E-state index in [2.05, 4.69) is 69.3 Å². The van der Waals surface area contributed by atoms with E-state index in [-0.39, 0.29) is 37.1 Å². The third-order valence-corrected chi connectivity index (χ3v) is 12.7. The van der Waals surface area contributed by atoms with Crippen LogP contribution in [0.5, 0.6) is 0 Å². The Bertz CT molecular complexity index is 1110. The van der Waals surface area contributed by atoms with Crippen LogP contribution in [0.4, 0.5) is 0 Å².